The van der Waals surface area contributed by atoms with Crippen LogP contribution in [0, 0.1) is 17.1 Å². The van der Waals surface area contributed by atoms with E-state index in [2.05, 4.69) is 6.07 Å². The average Bonchev–Trinajstić information content (AvgIpc) is 2.68. The van der Waals surface area contributed by atoms with Gasteiger partial charge < -0.3 is 9.84 Å². The molecular formula is C14H16FNO2. The molecule has 0 saturated heterocycles. The molecule has 0 fully saturated rings. The highest BCUT2D eigenvalue weighted by Gasteiger charge is 2.42. The summed E-state index contributed by atoms with van der Waals surface area (Å²) >= 11 is 0. The third kappa shape index (κ3) is 2.12. The minimum Gasteiger partial charge on any atom is -0.391 e. The number of nitrogens with zero attached hydrogens (tertiary/aromatic N) is 1. The molecule has 96 valence electrons. The number of aliphatic hydroxyl groups is 1. The van der Waals surface area contributed by atoms with E-state index in [1.165, 1.54) is 12.1 Å². The fraction of sp³-hybridized carbons (Fsp3) is 0.500. The molecule has 0 radical (unpaired) electrons. The monoisotopic (exact) mass is 249 g/mol. The molecule has 1 aliphatic carbocycles. The van der Waals surface area contributed by atoms with Gasteiger partial charge in [-0.15, -0.1) is 0 Å². The Hall–Kier alpha value is -1.44. The molecule has 3 nitrogen and oxygen atoms in total. The second-order valence-electron chi connectivity index (χ2n) is 4.80. The van der Waals surface area contributed by atoms with Crippen molar-refractivity contribution in [2.45, 2.75) is 44.5 Å². The van der Waals surface area contributed by atoms with Crippen LogP contribution in [-0.2, 0) is 16.8 Å². The first-order valence-corrected chi connectivity index (χ1v) is 6.04. The van der Waals surface area contributed by atoms with Crippen LogP contribution in [0.5, 0.6) is 0 Å². The van der Waals surface area contributed by atoms with Crippen molar-refractivity contribution in [2.24, 2.45) is 0 Å². The highest BCUT2D eigenvalue weighted by molar-refractivity contribution is 5.42. The summed E-state index contributed by atoms with van der Waals surface area (Å²) in [6, 6.07) is 6.58. The van der Waals surface area contributed by atoms with Gasteiger partial charge in [-0.25, -0.2) is 4.39 Å². The first-order valence-electron chi connectivity index (χ1n) is 6.04. The molecule has 3 atom stereocenters. The molecule has 3 unspecified atom stereocenters. The van der Waals surface area contributed by atoms with E-state index in [1.54, 1.807) is 19.9 Å². The number of hydrogen-bond donors (Lipinski definition) is 1. The highest BCUT2D eigenvalue weighted by Crippen LogP contribution is 2.40. The first kappa shape index (κ1) is 13.0. The van der Waals surface area contributed by atoms with Gasteiger partial charge in [0.2, 0.25) is 0 Å². The van der Waals surface area contributed by atoms with Crippen molar-refractivity contribution in [3.05, 3.63) is 35.1 Å². The Morgan fingerprint density at radius 2 is 2.22 bits per heavy atom. The SMILES string of the molecule is CC(O)C(C)OC1(C#N)CCc2cc(F)ccc21. The van der Waals surface area contributed by atoms with E-state index in [0.717, 1.165) is 11.1 Å². The maximum Gasteiger partial charge on any atom is 0.180 e. The number of halogens is 1. The Morgan fingerprint density at radius 1 is 1.50 bits per heavy atom. The van der Waals surface area contributed by atoms with Gasteiger partial charge in [0.05, 0.1) is 12.2 Å². The van der Waals surface area contributed by atoms with Crippen LogP contribution >= 0.6 is 0 Å². The van der Waals surface area contributed by atoms with Crippen LogP contribution in [0.25, 0.3) is 0 Å². The fourth-order valence-electron chi connectivity index (χ4n) is 2.29. The number of aliphatic hydroxyl groups excluding tert-OH is 1. The molecule has 1 N–H and O–H groups in total. The van der Waals surface area contributed by atoms with Gasteiger partial charge in [-0.05, 0) is 44.4 Å². The summed E-state index contributed by atoms with van der Waals surface area (Å²) in [7, 11) is 0. The van der Waals surface area contributed by atoms with E-state index in [1.807, 2.05) is 0 Å². The third-order valence-electron chi connectivity index (χ3n) is 3.50. The highest BCUT2D eigenvalue weighted by atomic mass is 19.1. The number of nitriles is 1. The molecule has 4 heteroatoms. The van der Waals surface area contributed by atoms with Gasteiger partial charge in [0.15, 0.2) is 5.60 Å². The maximum atomic E-state index is 13.1. The number of fused-ring (bicyclic) bond motifs is 1. The van der Waals surface area contributed by atoms with Crippen molar-refractivity contribution >= 4 is 0 Å². The van der Waals surface area contributed by atoms with Crippen molar-refractivity contribution in [2.75, 3.05) is 0 Å². The second-order valence-corrected chi connectivity index (χ2v) is 4.80. The third-order valence-corrected chi connectivity index (χ3v) is 3.50. The number of ether oxygens (including phenoxy) is 1. The predicted octanol–water partition coefficient (Wildman–Crippen LogP) is 2.28. The summed E-state index contributed by atoms with van der Waals surface area (Å²) in [5.74, 6) is -0.300. The summed E-state index contributed by atoms with van der Waals surface area (Å²) in [6.45, 7) is 3.35. The molecule has 1 aliphatic rings. The molecule has 0 bridgehead atoms. The Kier molecular flexibility index (Phi) is 3.38. The zero-order valence-corrected chi connectivity index (χ0v) is 10.5. The van der Waals surface area contributed by atoms with Crippen molar-refractivity contribution in [3.63, 3.8) is 0 Å². The lowest BCUT2D eigenvalue weighted by atomic mass is 9.97. The molecule has 18 heavy (non-hydrogen) atoms. The topological polar surface area (TPSA) is 53.2 Å². The normalized spacial score (nSPS) is 25.3. The van der Waals surface area contributed by atoms with Gasteiger partial charge in [-0.2, -0.15) is 5.26 Å². The molecule has 0 aromatic heterocycles. The number of rotatable bonds is 3. The van der Waals surface area contributed by atoms with Gasteiger partial charge in [0.1, 0.15) is 11.9 Å². The molecular weight excluding hydrogens is 233 g/mol. The fourth-order valence-corrected chi connectivity index (χ4v) is 2.29. The molecule has 0 heterocycles. The standard InChI is InChI=1S/C14H16FNO2/c1-9(17)10(2)18-14(8-16)6-5-11-7-12(15)3-4-13(11)14/h3-4,7,9-10,17H,5-6H2,1-2H3. The second kappa shape index (κ2) is 4.68. The lowest BCUT2D eigenvalue weighted by molar-refractivity contribution is -0.0984. The van der Waals surface area contributed by atoms with E-state index >= 15 is 0 Å². The van der Waals surface area contributed by atoms with E-state index in [9.17, 15) is 14.8 Å². The van der Waals surface area contributed by atoms with Crippen LogP contribution in [0.1, 0.15) is 31.4 Å². The minimum absolute atomic E-state index is 0.300. The lowest BCUT2D eigenvalue weighted by Crippen LogP contribution is -2.34. The van der Waals surface area contributed by atoms with Crippen LogP contribution in [0.3, 0.4) is 0 Å². The molecule has 1 aromatic rings. The average molecular weight is 249 g/mol. The van der Waals surface area contributed by atoms with Crippen LogP contribution in [0.4, 0.5) is 4.39 Å². The Morgan fingerprint density at radius 3 is 2.83 bits per heavy atom. The van der Waals surface area contributed by atoms with Crippen LogP contribution in [-0.4, -0.2) is 17.3 Å². The molecule has 1 aromatic carbocycles. The van der Waals surface area contributed by atoms with Gasteiger partial charge in [0, 0.05) is 5.56 Å². The summed E-state index contributed by atoms with van der Waals surface area (Å²) in [5.41, 5.74) is 0.479. The van der Waals surface area contributed by atoms with Crippen molar-refractivity contribution < 1.29 is 14.2 Å². The lowest BCUT2D eigenvalue weighted by Gasteiger charge is -2.28. The summed E-state index contributed by atoms with van der Waals surface area (Å²) in [4.78, 5) is 0. The Labute approximate surface area is 106 Å². The van der Waals surface area contributed by atoms with Crippen LogP contribution in [0.15, 0.2) is 18.2 Å². The number of aryl methyl sites for hydroxylation is 1. The van der Waals surface area contributed by atoms with E-state index in [4.69, 9.17) is 4.74 Å². The number of benzene rings is 1. The first-order chi connectivity index (χ1) is 8.48. The van der Waals surface area contributed by atoms with E-state index in [0.29, 0.717) is 12.8 Å². The van der Waals surface area contributed by atoms with Gasteiger partial charge in [-0.3, -0.25) is 0 Å². The minimum atomic E-state index is -1.06. The predicted molar refractivity (Wildman–Crippen MR) is 64.2 cm³/mol. The van der Waals surface area contributed by atoms with E-state index in [-0.39, 0.29) is 5.82 Å². The molecule has 0 spiro atoms. The Balaban J connectivity index is 2.35. The maximum absolute atomic E-state index is 13.1. The van der Waals surface area contributed by atoms with Gasteiger partial charge in [-0.1, -0.05) is 6.07 Å². The quantitative estimate of drug-likeness (QED) is 0.894. The molecule has 0 aliphatic heterocycles. The van der Waals surface area contributed by atoms with Crippen molar-refractivity contribution in [1.29, 1.82) is 5.26 Å². The zero-order chi connectivity index (χ0) is 13.3. The van der Waals surface area contributed by atoms with Gasteiger partial charge >= 0.3 is 0 Å². The summed E-state index contributed by atoms with van der Waals surface area (Å²) < 4.78 is 18.9. The zero-order valence-electron chi connectivity index (χ0n) is 10.5. The Bertz CT molecular complexity index is 495. The van der Waals surface area contributed by atoms with Crippen molar-refractivity contribution in [1.82, 2.24) is 0 Å². The number of hydrogen-bond acceptors (Lipinski definition) is 3. The van der Waals surface area contributed by atoms with Gasteiger partial charge in [0.25, 0.3) is 0 Å². The van der Waals surface area contributed by atoms with E-state index < -0.39 is 17.8 Å². The molecule has 2 rings (SSSR count). The van der Waals surface area contributed by atoms with Crippen molar-refractivity contribution in [3.8, 4) is 6.07 Å². The molecule has 0 amide bonds. The van der Waals surface area contributed by atoms with Crippen LogP contribution < -0.4 is 0 Å². The van der Waals surface area contributed by atoms with Crippen LogP contribution in [0.2, 0.25) is 0 Å². The summed E-state index contributed by atoms with van der Waals surface area (Å²) in [5, 5.41) is 18.9. The smallest absolute Gasteiger partial charge is 0.180 e. The molecule has 0 saturated carbocycles. The summed E-state index contributed by atoms with van der Waals surface area (Å²) in [6.07, 6.45) is 0.0207. The largest absolute Gasteiger partial charge is 0.391 e.